The Morgan fingerprint density at radius 2 is 1.41 bits per heavy atom. The zero-order valence-electron chi connectivity index (χ0n) is 26.0. The predicted molar refractivity (Wildman–Crippen MR) is 165 cm³/mol. The Bertz CT molecular complexity index is 1370. The van der Waals surface area contributed by atoms with Crippen molar-refractivity contribution in [2.75, 3.05) is 13.6 Å². The van der Waals surface area contributed by atoms with E-state index in [0.717, 1.165) is 42.5 Å². The third kappa shape index (κ3) is 9.60. The van der Waals surface area contributed by atoms with E-state index in [1.807, 2.05) is 45.0 Å². The van der Waals surface area contributed by atoms with Crippen LogP contribution in [0, 0.1) is 5.92 Å². The summed E-state index contributed by atoms with van der Waals surface area (Å²) in [5.41, 5.74) is 1.79. The van der Waals surface area contributed by atoms with Gasteiger partial charge in [0.1, 0.15) is 17.5 Å². The van der Waals surface area contributed by atoms with Crippen LogP contribution in [0.5, 0.6) is 5.75 Å². The number of halogens is 3. The zero-order chi connectivity index (χ0) is 31.9. The van der Waals surface area contributed by atoms with E-state index in [1.54, 1.807) is 31.3 Å². The maximum absolute atomic E-state index is 13.0. The van der Waals surface area contributed by atoms with Crippen molar-refractivity contribution < 1.29 is 32.2 Å². The van der Waals surface area contributed by atoms with Crippen molar-refractivity contribution in [1.29, 1.82) is 0 Å². The zero-order valence-corrected chi connectivity index (χ0v) is 26.0. The molecule has 0 bridgehead atoms. The largest absolute Gasteiger partial charge is 0.486 e. The maximum Gasteiger partial charge on any atom is 0.416 e. The standard InChI is InChI=1S/C36H42F3NO4/c1-35(2,3)44-33(41)22-23-40(4)34(42)29-16-20-31(21-17-29)43-32(24-25-8-6-5-7-9-25)28-12-10-26(11-13-28)27-14-18-30(19-15-27)36(37,38)39/h10-21,25,32H,5-9,22-24H2,1-4H3/t32-/m1/s1. The van der Waals surface area contributed by atoms with E-state index < -0.39 is 17.3 Å². The summed E-state index contributed by atoms with van der Waals surface area (Å²) in [4.78, 5) is 26.5. The van der Waals surface area contributed by atoms with Gasteiger partial charge < -0.3 is 14.4 Å². The highest BCUT2D eigenvalue weighted by Gasteiger charge is 2.30. The van der Waals surface area contributed by atoms with Gasteiger partial charge in [-0.3, -0.25) is 9.59 Å². The van der Waals surface area contributed by atoms with Gasteiger partial charge in [0.25, 0.3) is 5.91 Å². The summed E-state index contributed by atoms with van der Waals surface area (Å²) in [6.07, 6.45) is 2.39. The summed E-state index contributed by atoms with van der Waals surface area (Å²) in [5, 5.41) is 0. The van der Waals surface area contributed by atoms with Gasteiger partial charge in [0.15, 0.2) is 0 Å². The Balaban J connectivity index is 1.44. The molecule has 1 atom stereocenters. The molecule has 1 fully saturated rings. The van der Waals surface area contributed by atoms with Crippen molar-refractivity contribution in [3.05, 3.63) is 89.5 Å². The molecule has 0 aliphatic heterocycles. The lowest BCUT2D eigenvalue weighted by molar-refractivity contribution is -0.155. The van der Waals surface area contributed by atoms with Crippen molar-refractivity contribution in [1.82, 2.24) is 4.90 Å². The minimum atomic E-state index is -4.37. The van der Waals surface area contributed by atoms with E-state index in [9.17, 15) is 22.8 Å². The molecule has 3 aromatic rings. The van der Waals surface area contributed by atoms with Crippen LogP contribution in [0.2, 0.25) is 0 Å². The first-order valence-electron chi connectivity index (χ1n) is 15.3. The Morgan fingerprint density at radius 3 is 1.95 bits per heavy atom. The quantitative estimate of drug-likeness (QED) is 0.215. The van der Waals surface area contributed by atoms with Gasteiger partial charge >= 0.3 is 12.1 Å². The van der Waals surface area contributed by atoms with Gasteiger partial charge in [0.05, 0.1) is 12.0 Å². The predicted octanol–water partition coefficient (Wildman–Crippen LogP) is 9.27. The Kier molecular flexibility index (Phi) is 10.8. The molecule has 5 nitrogen and oxygen atoms in total. The minimum absolute atomic E-state index is 0.112. The van der Waals surface area contributed by atoms with Crippen molar-refractivity contribution in [2.24, 2.45) is 5.92 Å². The Hall–Kier alpha value is -3.81. The summed E-state index contributed by atoms with van der Waals surface area (Å²) in [6, 6.07) is 20.0. The summed E-state index contributed by atoms with van der Waals surface area (Å²) in [6.45, 7) is 5.67. The molecule has 0 N–H and O–H groups in total. The van der Waals surface area contributed by atoms with Gasteiger partial charge in [0.2, 0.25) is 0 Å². The molecule has 0 spiro atoms. The van der Waals surface area contributed by atoms with Gasteiger partial charge in [-0.2, -0.15) is 13.2 Å². The average molecular weight is 610 g/mol. The smallest absolute Gasteiger partial charge is 0.416 e. The van der Waals surface area contributed by atoms with Crippen molar-refractivity contribution in [3.8, 4) is 16.9 Å². The summed E-state index contributed by atoms with van der Waals surface area (Å²) in [5.74, 6) is 0.642. The summed E-state index contributed by atoms with van der Waals surface area (Å²) >= 11 is 0. The third-order valence-electron chi connectivity index (χ3n) is 7.90. The first kappa shape index (κ1) is 33.1. The van der Waals surface area contributed by atoms with Crippen LogP contribution in [0.3, 0.4) is 0 Å². The fourth-order valence-electron chi connectivity index (χ4n) is 5.53. The number of rotatable bonds is 10. The van der Waals surface area contributed by atoms with Gasteiger partial charge in [-0.15, -0.1) is 0 Å². The van der Waals surface area contributed by atoms with E-state index in [4.69, 9.17) is 9.47 Å². The number of carbonyl (C=O) groups is 2. The van der Waals surface area contributed by atoms with Crippen LogP contribution >= 0.6 is 0 Å². The molecule has 236 valence electrons. The number of alkyl halides is 3. The van der Waals surface area contributed by atoms with Crippen LogP contribution in [-0.4, -0.2) is 36.0 Å². The third-order valence-corrected chi connectivity index (χ3v) is 7.90. The molecule has 44 heavy (non-hydrogen) atoms. The van der Waals surface area contributed by atoms with Crippen LogP contribution in [0.15, 0.2) is 72.8 Å². The topological polar surface area (TPSA) is 55.8 Å². The fourth-order valence-corrected chi connectivity index (χ4v) is 5.53. The lowest BCUT2D eigenvalue weighted by atomic mass is 9.84. The molecule has 1 aliphatic carbocycles. The molecule has 0 aromatic heterocycles. The van der Waals surface area contributed by atoms with Crippen LogP contribution in [0.1, 0.15) is 93.3 Å². The average Bonchev–Trinajstić information content (AvgIpc) is 2.99. The van der Waals surface area contributed by atoms with Gasteiger partial charge in [-0.05, 0) is 86.2 Å². The molecule has 1 amide bonds. The Labute approximate surface area is 258 Å². The lowest BCUT2D eigenvalue weighted by Crippen LogP contribution is -2.31. The lowest BCUT2D eigenvalue weighted by Gasteiger charge is -2.27. The summed E-state index contributed by atoms with van der Waals surface area (Å²) < 4.78 is 50.8. The van der Waals surface area contributed by atoms with E-state index >= 15 is 0 Å². The minimum Gasteiger partial charge on any atom is -0.486 e. The van der Waals surface area contributed by atoms with E-state index in [0.29, 0.717) is 22.8 Å². The molecule has 1 saturated carbocycles. The molecular formula is C36H42F3NO4. The number of nitrogens with zero attached hydrogens (tertiary/aromatic N) is 1. The second-order valence-corrected chi connectivity index (χ2v) is 12.6. The molecule has 8 heteroatoms. The van der Waals surface area contributed by atoms with Gasteiger partial charge in [-0.25, -0.2) is 0 Å². The number of ether oxygens (including phenoxy) is 2. The van der Waals surface area contributed by atoms with E-state index in [2.05, 4.69) is 0 Å². The van der Waals surface area contributed by atoms with Crippen LogP contribution in [-0.2, 0) is 15.7 Å². The number of carbonyl (C=O) groups excluding carboxylic acids is 2. The number of hydrogen-bond donors (Lipinski definition) is 0. The first-order valence-corrected chi connectivity index (χ1v) is 15.3. The maximum atomic E-state index is 13.0. The summed E-state index contributed by atoms with van der Waals surface area (Å²) in [7, 11) is 1.66. The number of hydrogen-bond acceptors (Lipinski definition) is 4. The van der Waals surface area contributed by atoms with Crippen molar-refractivity contribution >= 4 is 11.9 Å². The highest BCUT2D eigenvalue weighted by molar-refractivity contribution is 5.94. The fraction of sp³-hybridized carbons (Fsp3) is 0.444. The normalized spacial score (nSPS) is 15.0. The highest BCUT2D eigenvalue weighted by Crippen LogP contribution is 2.36. The van der Waals surface area contributed by atoms with Crippen molar-refractivity contribution in [3.63, 3.8) is 0 Å². The SMILES string of the molecule is CN(CCC(=O)OC(C)(C)C)C(=O)c1ccc(O[C@H](CC2CCCCC2)c2ccc(-c3ccc(C(F)(F)F)cc3)cc2)cc1. The van der Waals surface area contributed by atoms with E-state index in [-0.39, 0.29) is 30.9 Å². The second-order valence-electron chi connectivity index (χ2n) is 12.6. The number of amides is 1. The molecule has 4 rings (SSSR count). The number of benzene rings is 3. The molecule has 3 aromatic carbocycles. The first-order chi connectivity index (χ1) is 20.8. The molecule has 0 radical (unpaired) electrons. The molecule has 0 heterocycles. The van der Waals surface area contributed by atoms with Crippen LogP contribution < -0.4 is 4.74 Å². The van der Waals surface area contributed by atoms with Crippen molar-refractivity contribution in [2.45, 2.75) is 83.6 Å². The molecule has 0 saturated heterocycles. The number of esters is 1. The second kappa shape index (κ2) is 14.3. The molecule has 0 unspecified atom stereocenters. The van der Waals surface area contributed by atoms with E-state index in [1.165, 1.54) is 36.3 Å². The highest BCUT2D eigenvalue weighted by atomic mass is 19.4. The Morgan fingerprint density at radius 1 is 0.841 bits per heavy atom. The monoisotopic (exact) mass is 609 g/mol. The van der Waals surface area contributed by atoms with Crippen LogP contribution in [0.4, 0.5) is 13.2 Å². The molecular weight excluding hydrogens is 567 g/mol. The van der Waals surface area contributed by atoms with Gasteiger partial charge in [0, 0.05) is 19.2 Å². The molecule has 1 aliphatic rings. The van der Waals surface area contributed by atoms with Crippen LogP contribution in [0.25, 0.3) is 11.1 Å². The van der Waals surface area contributed by atoms with Gasteiger partial charge in [-0.1, -0.05) is 68.5 Å².